The van der Waals surface area contributed by atoms with Crippen LogP contribution in [0.1, 0.15) is 123 Å². The fraction of sp³-hybridized carbons (Fsp3) is 0.484. The third-order valence-electron chi connectivity index (χ3n) is 21.3. The van der Waals surface area contributed by atoms with E-state index in [4.69, 9.17) is 96.6 Å². The van der Waals surface area contributed by atoms with E-state index in [1.807, 2.05) is 219 Å². The summed E-state index contributed by atoms with van der Waals surface area (Å²) in [6.07, 6.45) is -23.1. The standard InChI is InChI=1S/C93H115ClN2O24Si/c1-60-79(106-54-69-40-24-15-25-41-69)85(107-55-70-42-26-16-27-43-70)87(108-56-71-44-28-17-29-45-71)91(110-60)118-81-75(58-104-53-68-38-22-14-23-39-68)116-90(78(96-62(3)98)84(81)113-65(6)101)120-86-82(111-63(4)99)76(59-109-121(93(8,9)10,72-46-30-18-31-47-72)73-48-32-19-33-49-73)117-92(88(86)114-66(7)102)119-80-74(57-103-52-67-36-20-13-21-37-67)115-89(105-51-35-12-11-34-50-94)77(95-61(2)97)83(80)112-64(5)100/h13-33,36-49,60,74-92H,11-12,34-35,50-59H2,1-10H3,(H,95,97)(H,96,98)/t60-,74+,75+,76+,77+,78+,79+,80+,81+,82-,83+,84+,85+,86-,87-,88+,89+,90-,91-,92-/m0/s1. The van der Waals surface area contributed by atoms with Crippen LogP contribution in [-0.4, -0.2) is 199 Å². The van der Waals surface area contributed by atoms with Crippen LogP contribution in [0.4, 0.5) is 0 Å². The van der Waals surface area contributed by atoms with Gasteiger partial charge < -0.3 is 95.6 Å². The van der Waals surface area contributed by atoms with Crippen molar-refractivity contribution in [2.75, 3.05) is 32.3 Å². The molecule has 4 aliphatic heterocycles. The zero-order valence-electron chi connectivity index (χ0n) is 70.3. The second-order valence-electron chi connectivity index (χ2n) is 31.6. The highest BCUT2D eigenvalue weighted by Crippen LogP contribution is 2.42. The maximum atomic E-state index is 14.4. The predicted octanol–water partition coefficient (Wildman–Crippen LogP) is 11.4. The van der Waals surface area contributed by atoms with Crippen LogP contribution in [0.2, 0.25) is 5.04 Å². The fourth-order valence-corrected chi connectivity index (χ4v) is 20.7. The number of halogens is 1. The van der Waals surface area contributed by atoms with Gasteiger partial charge in [0, 0.05) is 54.0 Å². The molecule has 26 nitrogen and oxygen atoms in total. The van der Waals surface area contributed by atoms with Crippen molar-refractivity contribution in [1.29, 1.82) is 0 Å². The van der Waals surface area contributed by atoms with Gasteiger partial charge in [-0.2, -0.15) is 0 Å². The molecule has 0 saturated carbocycles. The molecule has 0 aromatic heterocycles. The number of alkyl halides is 1. The molecular weight excluding hydrogens is 1590 g/mol. The average Bonchev–Trinajstić information content (AvgIpc) is 0.743. The minimum absolute atomic E-state index is 0.0130. The van der Waals surface area contributed by atoms with Crippen LogP contribution >= 0.6 is 11.6 Å². The van der Waals surface area contributed by atoms with E-state index in [-0.39, 0.29) is 52.9 Å². The predicted molar refractivity (Wildman–Crippen MR) is 448 cm³/mol. The number of carbonyl (C=O) groups excluding carboxylic acids is 6. The molecule has 0 unspecified atom stereocenters. The van der Waals surface area contributed by atoms with E-state index >= 15 is 0 Å². The summed E-state index contributed by atoms with van der Waals surface area (Å²) in [5.74, 6) is -4.18. The number of hydrogen-bond donors (Lipinski definition) is 2. The van der Waals surface area contributed by atoms with Crippen molar-refractivity contribution in [2.45, 2.75) is 256 Å². The quantitative estimate of drug-likeness (QED) is 0.0118. The molecule has 7 aromatic carbocycles. The van der Waals surface area contributed by atoms with E-state index in [0.29, 0.717) is 12.3 Å². The Balaban J connectivity index is 1.06. The van der Waals surface area contributed by atoms with Gasteiger partial charge in [0.15, 0.2) is 49.6 Å². The van der Waals surface area contributed by atoms with Crippen molar-refractivity contribution in [3.05, 3.63) is 240 Å². The summed E-state index contributed by atoms with van der Waals surface area (Å²) in [5, 5.41) is 6.95. The van der Waals surface area contributed by atoms with E-state index in [1.54, 1.807) is 0 Å². The zero-order chi connectivity index (χ0) is 85.8. The number of nitrogens with one attached hydrogen (secondary N) is 2. The largest absolute Gasteiger partial charge is 0.457 e. The van der Waals surface area contributed by atoms with Crippen LogP contribution in [0.5, 0.6) is 0 Å². The number of amides is 2. The Morgan fingerprint density at radius 2 is 0.702 bits per heavy atom. The van der Waals surface area contributed by atoms with Crippen molar-refractivity contribution >= 4 is 66.0 Å². The SMILES string of the molecule is CC(=O)N[C@H]1[C@H](O[C@H]2[C@@H](OC(C)=O)[C@@H](CO[Si](c3ccccc3)(c3ccccc3)C(C)(C)C)O[C@@H](O[C@H]3[C@H](OC(C)=O)[C@@H](NC(C)=O)[C@H](OCCCCCCCl)O[C@@H]3COCc3ccccc3)[C@@H]2OC(C)=O)O[C@H](COCc2ccccc2)[C@@H](O[C@@H]2O[C@@H](C)[C@@H](OCc3ccccc3)[C@@H](OCc3ccccc3)[C@@H]2OCc2ccccc2)[C@@H]1OC(C)=O. The Morgan fingerprint density at radius 1 is 0.355 bits per heavy atom. The smallest absolute Gasteiger partial charge is 0.303 e. The van der Waals surface area contributed by atoms with Crippen LogP contribution in [0.15, 0.2) is 212 Å². The molecule has 0 spiro atoms. The van der Waals surface area contributed by atoms with Gasteiger partial charge in [0.25, 0.3) is 8.32 Å². The lowest BCUT2D eigenvalue weighted by molar-refractivity contribution is -0.380. The van der Waals surface area contributed by atoms with Gasteiger partial charge in [-0.1, -0.05) is 246 Å². The Kier molecular flexibility index (Phi) is 35.5. The lowest BCUT2D eigenvalue weighted by Crippen LogP contribution is -2.72. The summed E-state index contributed by atoms with van der Waals surface area (Å²) in [7, 11) is -3.64. The summed E-state index contributed by atoms with van der Waals surface area (Å²) < 4.78 is 125. The second kappa shape index (κ2) is 46.2. The van der Waals surface area contributed by atoms with E-state index in [2.05, 4.69) is 31.4 Å². The Hall–Kier alpha value is -8.69. The average molecular weight is 1710 g/mol. The molecule has 0 aliphatic carbocycles. The summed E-state index contributed by atoms with van der Waals surface area (Å²) in [5.41, 5.74) is 4.10. The van der Waals surface area contributed by atoms with Gasteiger partial charge in [-0.3, -0.25) is 28.8 Å². The van der Waals surface area contributed by atoms with Crippen molar-refractivity contribution < 1.29 is 114 Å². The molecule has 121 heavy (non-hydrogen) atoms. The minimum atomic E-state index is -3.64. The van der Waals surface area contributed by atoms with Gasteiger partial charge in [0.1, 0.15) is 67.0 Å². The lowest BCUT2D eigenvalue weighted by Gasteiger charge is -2.52. The topological polar surface area (TPSA) is 293 Å². The summed E-state index contributed by atoms with van der Waals surface area (Å²) in [6.45, 7) is 14.8. The molecule has 28 heteroatoms. The van der Waals surface area contributed by atoms with Crippen LogP contribution in [0.25, 0.3) is 0 Å². The van der Waals surface area contributed by atoms with Crippen molar-refractivity contribution in [3.63, 3.8) is 0 Å². The maximum Gasteiger partial charge on any atom is 0.303 e. The van der Waals surface area contributed by atoms with Crippen molar-refractivity contribution in [3.8, 4) is 0 Å². The van der Waals surface area contributed by atoms with Gasteiger partial charge in [-0.15, -0.1) is 11.6 Å². The third-order valence-corrected chi connectivity index (χ3v) is 26.5. The highest BCUT2D eigenvalue weighted by molar-refractivity contribution is 6.99. The summed E-state index contributed by atoms with van der Waals surface area (Å²) >= 11 is 6.07. The zero-order valence-corrected chi connectivity index (χ0v) is 72.1. The molecule has 0 bridgehead atoms. The highest BCUT2D eigenvalue weighted by atomic mass is 35.5. The van der Waals surface area contributed by atoms with Crippen LogP contribution in [0.3, 0.4) is 0 Å². The van der Waals surface area contributed by atoms with E-state index in [9.17, 15) is 28.8 Å². The Bertz CT molecular complexity index is 4270. The van der Waals surface area contributed by atoms with Gasteiger partial charge >= 0.3 is 23.9 Å². The number of ether oxygens (including phenoxy) is 17. The number of rotatable bonds is 41. The molecule has 4 fully saturated rings. The van der Waals surface area contributed by atoms with Crippen molar-refractivity contribution in [1.82, 2.24) is 10.6 Å². The summed E-state index contributed by atoms with van der Waals surface area (Å²) in [6, 6.07) is 64.1. The first kappa shape index (κ1) is 93.0. The maximum absolute atomic E-state index is 14.4. The minimum Gasteiger partial charge on any atom is -0.457 e. The van der Waals surface area contributed by atoms with Gasteiger partial charge in [0.2, 0.25) is 11.8 Å². The molecular formula is C93H115ClN2O24Si. The van der Waals surface area contributed by atoms with E-state index in [1.165, 1.54) is 34.6 Å². The highest BCUT2D eigenvalue weighted by Gasteiger charge is 2.61. The molecule has 11 rings (SSSR count). The first-order valence-electron chi connectivity index (χ1n) is 41.4. The fourth-order valence-electron chi connectivity index (χ4n) is 15.9. The summed E-state index contributed by atoms with van der Waals surface area (Å²) in [4.78, 5) is 85.1. The van der Waals surface area contributed by atoms with Crippen LogP contribution in [0, 0.1) is 0 Å². The first-order valence-corrected chi connectivity index (χ1v) is 43.8. The third kappa shape index (κ3) is 26.2. The molecule has 2 N–H and O–H groups in total. The number of carbonyl (C=O) groups is 6. The lowest BCUT2D eigenvalue weighted by atomic mass is 9.93. The number of esters is 4. The molecule has 4 heterocycles. The van der Waals surface area contributed by atoms with Crippen molar-refractivity contribution in [2.24, 2.45) is 0 Å². The number of hydrogen-bond acceptors (Lipinski definition) is 24. The van der Waals surface area contributed by atoms with Gasteiger partial charge in [-0.25, -0.2) is 0 Å². The molecule has 652 valence electrons. The first-order chi connectivity index (χ1) is 58.5. The number of unbranched alkanes of at least 4 members (excludes halogenated alkanes) is 3. The molecule has 20 atom stereocenters. The van der Waals surface area contributed by atoms with Crippen LogP contribution in [-0.2, 0) is 147 Å². The van der Waals surface area contributed by atoms with Gasteiger partial charge in [-0.05, 0) is 63.0 Å². The normalized spacial score (nSPS) is 26.8. The number of benzene rings is 7. The molecule has 4 saturated heterocycles. The molecule has 4 aliphatic rings. The monoisotopic (exact) mass is 1710 g/mol. The second-order valence-corrected chi connectivity index (χ2v) is 36.3. The van der Waals surface area contributed by atoms with E-state index in [0.717, 1.165) is 64.4 Å². The molecule has 2 amide bonds. The molecule has 7 aromatic rings. The Labute approximate surface area is 714 Å². The molecule has 0 radical (unpaired) electrons. The van der Waals surface area contributed by atoms with Gasteiger partial charge in [0.05, 0.1) is 59.0 Å². The van der Waals surface area contributed by atoms with E-state index < -0.39 is 178 Å². The Morgan fingerprint density at radius 3 is 1.12 bits per heavy atom. The van der Waals surface area contributed by atoms with Crippen LogP contribution < -0.4 is 21.0 Å².